The van der Waals surface area contributed by atoms with Gasteiger partial charge < -0.3 is 4.90 Å². The summed E-state index contributed by atoms with van der Waals surface area (Å²) in [4.78, 5) is 11.2. The molecular formula is C20H13BrFN5S. The molecular weight excluding hydrogens is 441 g/mol. The zero-order chi connectivity index (χ0) is 19.7. The minimum absolute atomic E-state index is 0.276. The van der Waals surface area contributed by atoms with Crippen LogP contribution in [0.15, 0.2) is 58.5 Å². The normalized spacial score (nSPS) is 11.2. The average Bonchev–Trinajstić information content (AvgIpc) is 3.31. The maximum atomic E-state index is 13.2. The minimum atomic E-state index is -0.276. The lowest BCUT2D eigenvalue weighted by atomic mass is 10.2. The number of allylic oxidation sites excluding steroid dienone is 1. The van der Waals surface area contributed by atoms with Gasteiger partial charge in [-0.15, -0.1) is 11.3 Å². The van der Waals surface area contributed by atoms with E-state index in [0.717, 1.165) is 32.3 Å². The predicted octanol–water partition coefficient (Wildman–Crippen LogP) is 5.66. The molecule has 4 aromatic rings. The van der Waals surface area contributed by atoms with E-state index in [4.69, 9.17) is 10.2 Å². The van der Waals surface area contributed by atoms with Crippen molar-refractivity contribution in [2.24, 2.45) is 0 Å². The molecule has 0 aliphatic rings. The Morgan fingerprint density at radius 2 is 2.00 bits per heavy atom. The molecule has 0 saturated heterocycles. The highest BCUT2D eigenvalue weighted by molar-refractivity contribution is 9.10. The Hall–Kier alpha value is -3.02. The standard InChI is InChI=1S/C20H13BrFN5S/c1-26(20-25-17(12-28-20)13-4-7-15(22)8-5-13)19-16(3-2-10-23)24-18-9-6-14(21)11-27(18)19/h2-9,11-12H,1H3/b3-2+. The van der Waals surface area contributed by atoms with Crippen LogP contribution in [-0.2, 0) is 0 Å². The van der Waals surface area contributed by atoms with Crippen molar-refractivity contribution in [3.8, 4) is 17.3 Å². The number of hydrogen-bond acceptors (Lipinski definition) is 5. The molecule has 4 rings (SSSR count). The molecule has 138 valence electrons. The van der Waals surface area contributed by atoms with Gasteiger partial charge in [0.05, 0.1) is 11.8 Å². The zero-order valence-electron chi connectivity index (χ0n) is 14.7. The first-order valence-electron chi connectivity index (χ1n) is 8.26. The van der Waals surface area contributed by atoms with Crippen LogP contribution in [0.1, 0.15) is 5.69 Å². The molecule has 0 amide bonds. The number of anilines is 2. The van der Waals surface area contributed by atoms with Gasteiger partial charge in [-0.1, -0.05) is 0 Å². The van der Waals surface area contributed by atoms with Crippen LogP contribution in [0, 0.1) is 17.1 Å². The molecule has 0 radical (unpaired) electrons. The van der Waals surface area contributed by atoms with E-state index in [1.165, 1.54) is 29.5 Å². The average molecular weight is 454 g/mol. The molecule has 0 aliphatic carbocycles. The highest BCUT2D eigenvalue weighted by Crippen LogP contribution is 2.34. The second-order valence-corrected chi connectivity index (χ2v) is 7.69. The largest absolute Gasteiger partial charge is 0.305 e. The molecule has 1 aromatic carbocycles. The first-order chi connectivity index (χ1) is 13.6. The smallest absolute Gasteiger partial charge is 0.191 e. The van der Waals surface area contributed by atoms with E-state index in [-0.39, 0.29) is 5.82 Å². The Kier molecular flexibility index (Phi) is 4.94. The van der Waals surface area contributed by atoms with Crippen LogP contribution in [0.3, 0.4) is 0 Å². The van der Waals surface area contributed by atoms with Crippen LogP contribution < -0.4 is 4.90 Å². The number of pyridine rings is 1. The predicted molar refractivity (Wildman–Crippen MR) is 113 cm³/mol. The number of imidazole rings is 1. The lowest BCUT2D eigenvalue weighted by Gasteiger charge is -2.16. The van der Waals surface area contributed by atoms with E-state index in [0.29, 0.717) is 5.69 Å². The summed E-state index contributed by atoms with van der Waals surface area (Å²) in [7, 11) is 1.90. The number of nitriles is 1. The van der Waals surface area contributed by atoms with E-state index in [9.17, 15) is 4.39 Å². The van der Waals surface area contributed by atoms with Crippen molar-refractivity contribution in [2.75, 3.05) is 11.9 Å². The van der Waals surface area contributed by atoms with Crippen molar-refractivity contribution in [3.63, 3.8) is 0 Å². The first kappa shape index (κ1) is 18.3. The maximum Gasteiger partial charge on any atom is 0.191 e. The third-order valence-corrected chi connectivity index (χ3v) is 5.52. The molecule has 0 N–H and O–H groups in total. The van der Waals surface area contributed by atoms with Gasteiger partial charge in [0.25, 0.3) is 0 Å². The van der Waals surface area contributed by atoms with Gasteiger partial charge in [-0.25, -0.2) is 14.4 Å². The van der Waals surface area contributed by atoms with Gasteiger partial charge in [-0.2, -0.15) is 5.26 Å². The second kappa shape index (κ2) is 7.54. The van der Waals surface area contributed by atoms with Gasteiger partial charge in [0.1, 0.15) is 23.0 Å². The third kappa shape index (κ3) is 3.42. The van der Waals surface area contributed by atoms with Crippen molar-refractivity contribution >= 4 is 49.9 Å². The highest BCUT2D eigenvalue weighted by Gasteiger charge is 2.19. The Morgan fingerprint density at radius 3 is 2.75 bits per heavy atom. The topological polar surface area (TPSA) is 57.2 Å². The Morgan fingerprint density at radius 1 is 1.21 bits per heavy atom. The van der Waals surface area contributed by atoms with Crippen LogP contribution >= 0.6 is 27.3 Å². The molecule has 0 bridgehead atoms. The quantitative estimate of drug-likeness (QED) is 0.373. The number of fused-ring (bicyclic) bond motifs is 1. The molecule has 0 saturated carbocycles. The molecule has 8 heteroatoms. The first-order valence-corrected chi connectivity index (χ1v) is 9.93. The summed E-state index contributed by atoms with van der Waals surface area (Å²) < 4.78 is 16.0. The molecule has 0 fully saturated rings. The number of thiazole rings is 1. The summed E-state index contributed by atoms with van der Waals surface area (Å²) in [5.41, 5.74) is 3.05. The van der Waals surface area contributed by atoms with Gasteiger partial charge in [-0.3, -0.25) is 4.40 Å². The summed E-state index contributed by atoms with van der Waals surface area (Å²) in [6.45, 7) is 0. The number of aromatic nitrogens is 3. The van der Waals surface area contributed by atoms with Crippen LogP contribution in [0.25, 0.3) is 23.0 Å². The monoisotopic (exact) mass is 453 g/mol. The lowest BCUT2D eigenvalue weighted by Crippen LogP contribution is -2.12. The van der Waals surface area contributed by atoms with E-state index in [1.807, 2.05) is 46.1 Å². The second-order valence-electron chi connectivity index (χ2n) is 5.94. The Bertz CT molecular complexity index is 1220. The summed E-state index contributed by atoms with van der Waals surface area (Å²) >= 11 is 4.97. The van der Waals surface area contributed by atoms with Crippen LogP contribution in [0.4, 0.5) is 15.3 Å². The Labute approximate surface area is 173 Å². The summed E-state index contributed by atoms with van der Waals surface area (Å²) in [5, 5.41) is 11.6. The lowest BCUT2D eigenvalue weighted by molar-refractivity contribution is 0.628. The fourth-order valence-corrected chi connectivity index (χ4v) is 3.99. The van der Waals surface area contributed by atoms with Gasteiger partial charge in [0, 0.05) is 34.7 Å². The van der Waals surface area contributed by atoms with Gasteiger partial charge in [0.2, 0.25) is 0 Å². The molecule has 28 heavy (non-hydrogen) atoms. The van der Waals surface area contributed by atoms with E-state index < -0.39 is 0 Å². The number of hydrogen-bond donors (Lipinski definition) is 0. The van der Waals surface area contributed by atoms with Crippen molar-refractivity contribution < 1.29 is 4.39 Å². The number of benzene rings is 1. The fourth-order valence-electron chi connectivity index (χ4n) is 2.85. The third-order valence-electron chi connectivity index (χ3n) is 4.14. The summed E-state index contributed by atoms with van der Waals surface area (Å²) in [5.74, 6) is 0.518. The van der Waals surface area contributed by atoms with Crippen molar-refractivity contribution in [3.05, 3.63) is 70.0 Å². The maximum absolute atomic E-state index is 13.2. The summed E-state index contributed by atoms with van der Waals surface area (Å²) in [6, 6.07) is 12.1. The molecule has 5 nitrogen and oxygen atoms in total. The summed E-state index contributed by atoms with van der Waals surface area (Å²) in [6.07, 6.45) is 5.01. The SMILES string of the molecule is CN(c1nc(-c2ccc(F)cc2)cs1)c1c(/C=C/C#N)nc2ccc(Br)cn12. The molecule has 0 spiro atoms. The van der Waals surface area contributed by atoms with Gasteiger partial charge in [0.15, 0.2) is 5.13 Å². The van der Waals surface area contributed by atoms with Crippen molar-refractivity contribution in [1.82, 2.24) is 14.4 Å². The van der Waals surface area contributed by atoms with E-state index in [1.54, 1.807) is 18.2 Å². The van der Waals surface area contributed by atoms with Gasteiger partial charge >= 0.3 is 0 Å². The zero-order valence-corrected chi connectivity index (χ0v) is 17.1. The Balaban J connectivity index is 1.79. The minimum Gasteiger partial charge on any atom is -0.305 e. The number of nitrogens with zero attached hydrogens (tertiary/aromatic N) is 5. The van der Waals surface area contributed by atoms with Crippen LogP contribution in [0.5, 0.6) is 0 Å². The highest BCUT2D eigenvalue weighted by atomic mass is 79.9. The van der Waals surface area contributed by atoms with Crippen LogP contribution in [-0.4, -0.2) is 21.4 Å². The van der Waals surface area contributed by atoms with E-state index in [2.05, 4.69) is 20.9 Å². The fraction of sp³-hybridized carbons (Fsp3) is 0.0500. The molecule has 3 heterocycles. The van der Waals surface area contributed by atoms with Crippen molar-refractivity contribution in [2.45, 2.75) is 0 Å². The van der Waals surface area contributed by atoms with Crippen molar-refractivity contribution in [1.29, 1.82) is 5.26 Å². The van der Waals surface area contributed by atoms with Crippen LogP contribution in [0.2, 0.25) is 0 Å². The molecule has 0 atom stereocenters. The molecule has 0 aliphatic heterocycles. The van der Waals surface area contributed by atoms with E-state index >= 15 is 0 Å². The number of rotatable bonds is 4. The number of halogens is 2. The van der Waals surface area contributed by atoms with Gasteiger partial charge in [-0.05, 0) is 58.4 Å². The molecule has 0 unspecified atom stereocenters. The molecule has 3 aromatic heterocycles.